The molecule has 0 saturated carbocycles. The van der Waals surface area contributed by atoms with E-state index in [9.17, 15) is 0 Å². The fourth-order valence-corrected chi connectivity index (χ4v) is 1.06. The summed E-state index contributed by atoms with van der Waals surface area (Å²) in [5.74, 6) is 0.672. The molecule has 0 aliphatic carbocycles. The Labute approximate surface area is 63.8 Å². The number of hydrogen-bond acceptors (Lipinski definition) is 3. The summed E-state index contributed by atoms with van der Waals surface area (Å²) in [5.41, 5.74) is 7.88. The summed E-state index contributed by atoms with van der Waals surface area (Å²) in [6.45, 7) is 1.82. The molecule has 1 aromatic carbocycles. The minimum absolute atomic E-state index is 0.672. The molecule has 11 heavy (non-hydrogen) atoms. The third-order valence-corrected chi connectivity index (χ3v) is 1.52. The van der Waals surface area contributed by atoms with Gasteiger partial charge in [-0.05, 0) is 18.2 Å². The van der Waals surface area contributed by atoms with Crippen molar-refractivity contribution in [2.75, 3.05) is 5.73 Å². The summed E-state index contributed by atoms with van der Waals surface area (Å²) in [4.78, 5) is 4.13. The zero-order valence-electron chi connectivity index (χ0n) is 6.16. The Morgan fingerprint density at radius 3 is 3.09 bits per heavy atom. The van der Waals surface area contributed by atoms with E-state index in [0.29, 0.717) is 11.6 Å². The Bertz CT molecular complexity index is 392. The lowest BCUT2D eigenvalue weighted by Crippen LogP contribution is -1.81. The minimum Gasteiger partial charge on any atom is -0.441 e. The third kappa shape index (κ3) is 0.941. The van der Waals surface area contributed by atoms with Crippen LogP contribution in [0.4, 0.5) is 5.69 Å². The number of rotatable bonds is 0. The first kappa shape index (κ1) is 6.22. The second-order valence-electron chi connectivity index (χ2n) is 2.46. The standard InChI is InChI=1S/C8H8N2O/c1-5-10-7-4-6(9)2-3-8(7)11-5/h2-4H,9H2,1H3. The van der Waals surface area contributed by atoms with E-state index in [4.69, 9.17) is 10.2 Å². The lowest BCUT2D eigenvalue weighted by molar-refractivity contribution is 0.561. The first-order chi connectivity index (χ1) is 5.25. The first-order valence-corrected chi connectivity index (χ1v) is 3.38. The number of fused-ring (bicyclic) bond motifs is 1. The molecule has 2 N–H and O–H groups in total. The van der Waals surface area contributed by atoms with Crippen molar-refractivity contribution in [1.82, 2.24) is 4.98 Å². The Morgan fingerprint density at radius 1 is 1.45 bits per heavy atom. The van der Waals surface area contributed by atoms with E-state index in [2.05, 4.69) is 4.98 Å². The predicted molar refractivity (Wildman–Crippen MR) is 43.2 cm³/mol. The van der Waals surface area contributed by atoms with Gasteiger partial charge in [-0.3, -0.25) is 0 Å². The van der Waals surface area contributed by atoms with Crippen molar-refractivity contribution < 1.29 is 4.42 Å². The van der Waals surface area contributed by atoms with Gasteiger partial charge in [0.05, 0.1) is 0 Å². The monoisotopic (exact) mass is 148 g/mol. The maximum Gasteiger partial charge on any atom is 0.192 e. The lowest BCUT2D eigenvalue weighted by Gasteiger charge is -1.88. The van der Waals surface area contributed by atoms with Crippen molar-refractivity contribution >= 4 is 16.8 Å². The zero-order valence-corrected chi connectivity index (χ0v) is 6.16. The van der Waals surface area contributed by atoms with Gasteiger partial charge in [0.15, 0.2) is 11.5 Å². The van der Waals surface area contributed by atoms with Crippen molar-refractivity contribution in [3.63, 3.8) is 0 Å². The maximum absolute atomic E-state index is 5.55. The molecule has 0 radical (unpaired) electrons. The first-order valence-electron chi connectivity index (χ1n) is 3.38. The average molecular weight is 148 g/mol. The molecule has 0 aliphatic rings. The molecule has 0 saturated heterocycles. The molecule has 2 rings (SSSR count). The van der Waals surface area contributed by atoms with Crippen molar-refractivity contribution in [1.29, 1.82) is 0 Å². The van der Waals surface area contributed by atoms with Gasteiger partial charge in [0.1, 0.15) is 5.52 Å². The number of nitrogens with two attached hydrogens (primary N) is 1. The summed E-state index contributed by atoms with van der Waals surface area (Å²) in [6, 6.07) is 5.42. The van der Waals surface area contributed by atoms with Crippen LogP contribution < -0.4 is 5.73 Å². The van der Waals surface area contributed by atoms with Gasteiger partial charge in [-0.2, -0.15) is 0 Å². The number of nitrogens with zero attached hydrogens (tertiary/aromatic N) is 1. The van der Waals surface area contributed by atoms with E-state index < -0.39 is 0 Å². The Kier molecular flexibility index (Phi) is 1.12. The molecule has 3 heteroatoms. The molecule has 1 heterocycles. The number of aromatic nitrogens is 1. The summed E-state index contributed by atoms with van der Waals surface area (Å²) >= 11 is 0. The molecular weight excluding hydrogens is 140 g/mol. The van der Waals surface area contributed by atoms with E-state index in [1.165, 1.54) is 0 Å². The van der Waals surface area contributed by atoms with Crippen molar-refractivity contribution in [3.05, 3.63) is 24.1 Å². The smallest absolute Gasteiger partial charge is 0.192 e. The SMILES string of the molecule is Cc1nc2cc(N)ccc2o1. The highest BCUT2D eigenvalue weighted by Gasteiger charge is 2.00. The number of benzene rings is 1. The highest BCUT2D eigenvalue weighted by atomic mass is 16.3. The van der Waals surface area contributed by atoms with Crippen LogP contribution in [0.3, 0.4) is 0 Å². The van der Waals surface area contributed by atoms with Crippen LogP contribution in [0.2, 0.25) is 0 Å². The van der Waals surface area contributed by atoms with E-state index in [-0.39, 0.29) is 0 Å². The largest absolute Gasteiger partial charge is 0.441 e. The van der Waals surface area contributed by atoms with E-state index in [1.54, 1.807) is 12.1 Å². The van der Waals surface area contributed by atoms with Crippen LogP contribution >= 0.6 is 0 Å². The highest BCUT2D eigenvalue weighted by Crippen LogP contribution is 2.17. The van der Waals surface area contributed by atoms with Crippen LogP contribution in [-0.4, -0.2) is 4.98 Å². The molecule has 2 aromatic rings. The molecular formula is C8H8N2O. The summed E-state index contributed by atoms with van der Waals surface area (Å²) in [7, 11) is 0. The molecule has 0 amide bonds. The van der Waals surface area contributed by atoms with Gasteiger partial charge in [-0.15, -0.1) is 0 Å². The van der Waals surface area contributed by atoms with Crippen LogP contribution in [0.25, 0.3) is 11.1 Å². The van der Waals surface area contributed by atoms with Gasteiger partial charge in [-0.1, -0.05) is 0 Å². The Morgan fingerprint density at radius 2 is 2.27 bits per heavy atom. The number of anilines is 1. The second-order valence-corrected chi connectivity index (χ2v) is 2.46. The number of aryl methyl sites for hydroxylation is 1. The topological polar surface area (TPSA) is 52.0 Å². The van der Waals surface area contributed by atoms with Gasteiger partial charge >= 0.3 is 0 Å². The lowest BCUT2D eigenvalue weighted by atomic mass is 10.3. The van der Waals surface area contributed by atoms with Gasteiger partial charge in [0.25, 0.3) is 0 Å². The molecule has 0 atom stereocenters. The van der Waals surface area contributed by atoms with Crippen LogP contribution in [0.5, 0.6) is 0 Å². The molecule has 0 aliphatic heterocycles. The molecule has 0 spiro atoms. The molecule has 3 nitrogen and oxygen atoms in total. The molecule has 0 unspecified atom stereocenters. The summed E-state index contributed by atoms with van der Waals surface area (Å²) in [6.07, 6.45) is 0. The molecule has 0 fully saturated rings. The fourth-order valence-electron chi connectivity index (χ4n) is 1.06. The average Bonchev–Trinajstić information content (AvgIpc) is 2.27. The predicted octanol–water partition coefficient (Wildman–Crippen LogP) is 1.72. The van der Waals surface area contributed by atoms with Gasteiger partial charge in [-0.25, -0.2) is 4.98 Å². The van der Waals surface area contributed by atoms with Crippen molar-refractivity contribution in [2.45, 2.75) is 6.92 Å². The number of oxazole rings is 1. The molecule has 0 bridgehead atoms. The number of hydrogen-bond donors (Lipinski definition) is 1. The molecule has 56 valence electrons. The van der Waals surface area contributed by atoms with E-state index in [0.717, 1.165) is 11.1 Å². The van der Waals surface area contributed by atoms with E-state index >= 15 is 0 Å². The van der Waals surface area contributed by atoms with Gasteiger partial charge in [0, 0.05) is 12.6 Å². The minimum atomic E-state index is 0.672. The van der Waals surface area contributed by atoms with Crippen LogP contribution in [0, 0.1) is 6.92 Å². The van der Waals surface area contributed by atoms with Crippen LogP contribution in [0.1, 0.15) is 5.89 Å². The van der Waals surface area contributed by atoms with Crippen molar-refractivity contribution in [2.24, 2.45) is 0 Å². The van der Waals surface area contributed by atoms with Crippen LogP contribution in [-0.2, 0) is 0 Å². The second kappa shape index (κ2) is 1.99. The van der Waals surface area contributed by atoms with E-state index in [1.807, 2.05) is 13.0 Å². The Hall–Kier alpha value is -1.51. The van der Waals surface area contributed by atoms with Gasteiger partial charge in [0.2, 0.25) is 0 Å². The third-order valence-electron chi connectivity index (χ3n) is 1.52. The Balaban J connectivity index is 2.82. The summed E-state index contributed by atoms with van der Waals surface area (Å²) < 4.78 is 5.26. The van der Waals surface area contributed by atoms with Crippen LogP contribution in [0.15, 0.2) is 22.6 Å². The highest BCUT2D eigenvalue weighted by molar-refractivity contribution is 5.76. The zero-order chi connectivity index (χ0) is 7.84. The normalized spacial score (nSPS) is 10.6. The van der Waals surface area contributed by atoms with Gasteiger partial charge < -0.3 is 10.2 Å². The van der Waals surface area contributed by atoms with Crippen molar-refractivity contribution in [3.8, 4) is 0 Å². The quantitative estimate of drug-likeness (QED) is 0.578. The summed E-state index contributed by atoms with van der Waals surface area (Å²) in [5, 5.41) is 0. The fraction of sp³-hybridized carbons (Fsp3) is 0.125. The number of nitrogen functional groups attached to an aromatic ring is 1. The maximum atomic E-state index is 5.55. The molecule has 1 aromatic heterocycles.